The fourth-order valence-corrected chi connectivity index (χ4v) is 2.28. The number of benzene rings is 2. The Kier molecular flexibility index (Phi) is 5.16. The van der Waals surface area contributed by atoms with Crippen LogP contribution in [0.5, 0.6) is 5.75 Å². The van der Waals surface area contributed by atoms with Crippen LogP contribution in [0.3, 0.4) is 0 Å². The van der Waals surface area contributed by atoms with Crippen LogP contribution in [0, 0.1) is 5.82 Å². The quantitative estimate of drug-likeness (QED) is 0.542. The van der Waals surface area contributed by atoms with Crippen LogP contribution in [0.15, 0.2) is 63.8 Å². The molecule has 0 aliphatic carbocycles. The molecule has 2 amide bonds. The van der Waals surface area contributed by atoms with Gasteiger partial charge in [0.2, 0.25) is 0 Å². The zero-order valence-electron chi connectivity index (χ0n) is 14.2. The molecule has 0 aliphatic rings. The van der Waals surface area contributed by atoms with E-state index in [2.05, 4.69) is 10.9 Å². The number of fused-ring (bicyclic) bond motifs is 1. The number of rotatable bonds is 4. The van der Waals surface area contributed by atoms with E-state index in [1.165, 1.54) is 37.3 Å². The molecule has 0 saturated carbocycles. The van der Waals surface area contributed by atoms with Crippen LogP contribution < -0.4 is 21.2 Å². The standard InChI is InChI=1S/C19H15FN2O5/c1-11(26-14-8-6-13(20)7-9-14)17(23)21-22-18(24)15-10-12-4-2-3-5-16(12)27-19(15)25/h2-11H,1H3,(H,21,23)(H,22,24). The van der Waals surface area contributed by atoms with Crippen LogP contribution in [0.4, 0.5) is 4.39 Å². The summed E-state index contributed by atoms with van der Waals surface area (Å²) in [5.74, 6) is -1.61. The van der Waals surface area contributed by atoms with Gasteiger partial charge in [-0.2, -0.15) is 0 Å². The third-order valence-corrected chi connectivity index (χ3v) is 3.68. The summed E-state index contributed by atoms with van der Waals surface area (Å²) in [5.41, 5.74) is 3.59. The predicted molar refractivity (Wildman–Crippen MR) is 94.6 cm³/mol. The van der Waals surface area contributed by atoms with E-state index in [9.17, 15) is 18.8 Å². The van der Waals surface area contributed by atoms with Crippen LogP contribution in [-0.2, 0) is 4.79 Å². The molecule has 1 heterocycles. The Balaban J connectivity index is 1.63. The second kappa shape index (κ2) is 7.69. The van der Waals surface area contributed by atoms with Gasteiger partial charge in [-0.25, -0.2) is 9.18 Å². The number of para-hydroxylation sites is 1. The Morgan fingerprint density at radius 3 is 2.52 bits per heavy atom. The number of nitrogens with one attached hydrogen (secondary N) is 2. The van der Waals surface area contributed by atoms with E-state index in [1.807, 2.05) is 0 Å². The van der Waals surface area contributed by atoms with Crippen LogP contribution in [0.25, 0.3) is 11.0 Å². The highest BCUT2D eigenvalue weighted by Gasteiger charge is 2.18. The average Bonchev–Trinajstić information content (AvgIpc) is 2.67. The van der Waals surface area contributed by atoms with E-state index in [1.54, 1.807) is 24.3 Å². The van der Waals surface area contributed by atoms with Crippen LogP contribution in [-0.4, -0.2) is 17.9 Å². The zero-order valence-corrected chi connectivity index (χ0v) is 14.2. The SMILES string of the molecule is CC(Oc1ccc(F)cc1)C(=O)NNC(=O)c1cc2ccccc2oc1=O. The van der Waals surface area contributed by atoms with Gasteiger partial charge in [0.05, 0.1) is 0 Å². The first kappa shape index (κ1) is 18.1. The highest BCUT2D eigenvalue weighted by atomic mass is 19.1. The summed E-state index contributed by atoms with van der Waals surface area (Å²) in [6.07, 6.45) is -0.969. The highest BCUT2D eigenvalue weighted by Crippen LogP contribution is 2.13. The van der Waals surface area contributed by atoms with Crippen molar-refractivity contribution >= 4 is 22.8 Å². The molecule has 138 valence electrons. The molecule has 7 nitrogen and oxygen atoms in total. The van der Waals surface area contributed by atoms with Crippen LogP contribution >= 0.6 is 0 Å². The lowest BCUT2D eigenvalue weighted by Gasteiger charge is -2.15. The third kappa shape index (κ3) is 4.30. The maximum absolute atomic E-state index is 12.9. The first-order chi connectivity index (χ1) is 12.9. The number of carbonyl (C=O) groups is 2. The summed E-state index contributed by atoms with van der Waals surface area (Å²) in [7, 11) is 0. The zero-order chi connectivity index (χ0) is 19.4. The Morgan fingerprint density at radius 1 is 1.07 bits per heavy atom. The second-order valence-corrected chi connectivity index (χ2v) is 5.64. The molecule has 0 saturated heterocycles. The summed E-state index contributed by atoms with van der Waals surface area (Å²) in [6, 6.07) is 13.2. The molecule has 3 rings (SSSR count). The largest absolute Gasteiger partial charge is 0.481 e. The van der Waals surface area contributed by atoms with Gasteiger partial charge in [-0.3, -0.25) is 20.4 Å². The molecule has 1 aromatic heterocycles. The Morgan fingerprint density at radius 2 is 1.78 bits per heavy atom. The summed E-state index contributed by atoms with van der Waals surface area (Å²) in [5, 5.41) is 0.571. The highest BCUT2D eigenvalue weighted by molar-refractivity contribution is 5.97. The molecule has 2 N–H and O–H groups in total. The number of hydrazine groups is 1. The lowest BCUT2D eigenvalue weighted by atomic mass is 10.2. The van der Waals surface area contributed by atoms with Gasteiger partial charge in [0, 0.05) is 5.39 Å². The molecule has 1 unspecified atom stereocenters. The van der Waals surface area contributed by atoms with E-state index in [-0.39, 0.29) is 5.56 Å². The van der Waals surface area contributed by atoms with Gasteiger partial charge < -0.3 is 9.15 Å². The summed E-state index contributed by atoms with van der Waals surface area (Å²) >= 11 is 0. The first-order valence-corrected chi connectivity index (χ1v) is 7.99. The van der Waals surface area contributed by atoms with Gasteiger partial charge in [0.1, 0.15) is 22.7 Å². The lowest BCUT2D eigenvalue weighted by Crippen LogP contribution is -2.48. The van der Waals surface area contributed by atoms with E-state index >= 15 is 0 Å². The number of halogens is 1. The second-order valence-electron chi connectivity index (χ2n) is 5.64. The topological polar surface area (TPSA) is 97.6 Å². The first-order valence-electron chi connectivity index (χ1n) is 7.99. The molecule has 3 aromatic rings. The van der Waals surface area contributed by atoms with E-state index in [0.717, 1.165) is 0 Å². The average molecular weight is 370 g/mol. The van der Waals surface area contributed by atoms with Crippen LogP contribution in [0.1, 0.15) is 17.3 Å². The van der Waals surface area contributed by atoms with Gasteiger partial charge >= 0.3 is 5.63 Å². The van der Waals surface area contributed by atoms with Crippen molar-refractivity contribution in [3.05, 3.63) is 76.4 Å². The number of hydrogen-bond donors (Lipinski definition) is 2. The molecule has 27 heavy (non-hydrogen) atoms. The van der Waals surface area contributed by atoms with E-state index in [0.29, 0.717) is 16.7 Å². The molecule has 0 bridgehead atoms. The minimum absolute atomic E-state index is 0.249. The molecule has 0 aliphatic heterocycles. The minimum Gasteiger partial charge on any atom is -0.481 e. The number of carbonyl (C=O) groups excluding carboxylic acids is 2. The molecule has 0 radical (unpaired) electrons. The van der Waals surface area contributed by atoms with E-state index < -0.39 is 29.4 Å². The van der Waals surface area contributed by atoms with E-state index in [4.69, 9.17) is 9.15 Å². The summed E-state index contributed by atoms with van der Waals surface area (Å²) < 4.78 is 23.3. The molecule has 0 fully saturated rings. The summed E-state index contributed by atoms with van der Waals surface area (Å²) in [4.78, 5) is 36.1. The van der Waals surface area contributed by atoms with Gasteiger partial charge in [-0.15, -0.1) is 0 Å². The number of ether oxygens (including phenoxy) is 1. The molecule has 0 spiro atoms. The van der Waals surface area contributed by atoms with Crippen molar-refractivity contribution in [3.63, 3.8) is 0 Å². The molecular weight excluding hydrogens is 355 g/mol. The van der Waals surface area contributed by atoms with Gasteiger partial charge in [0.25, 0.3) is 11.8 Å². The fraction of sp³-hybridized carbons (Fsp3) is 0.105. The Bertz CT molecular complexity index is 1050. The number of amides is 2. The normalized spacial score (nSPS) is 11.6. The Hall–Kier alpha value is -3.68. The van der Waals surface area contributed by atoms with Gasteiger partial charge in [0.15, 0.2) is 6.10 Å². The maximum Gasteiger partial charge on any atom is 0.349 e. The molecular formula is C19H15FN2O5. The third-order valence-electron chi connectivity index (χ3n) is 3.68. The predicted octanol–water partition coefficient (Wildman–Crippen LogP) is 2.16. The number of hydrogen-bond acceptors (Lipinski definition) is 5. The fourth-order valence-electron chi connectivity index (χ4n) is 2.28. The molecule has 2 aromatic carbocycles. The monoisotopic (exact) mass is 370 g/mol. The van der Waals surface area contributed by atoms with Crippen molar-refractivity contribution in [2.24, 2.45) is 0 Å². The van der Waals surface area contributed by atoms with Crippen LogP contribution in [0.2, 0.25) is 0 Å². The van der Waals surface area contributed by atoms with Gasteiger partial charge in [-0.1, -0.05) is 18.2 Å². The maximum atomic E-state index is 12.9. The van der Waals surface area contributed by atoms with Crippen molar-refractivity contribution in [2.75, 3.05) is 0 Å². The van der Waals surface area contributed by atoms with Crippen molar-refractivity contribution in [2.45, 2.75) is 13.0 Å². The smallest absolute Gasteiger partial charge is 0.349 e. The van der Waals surface area contributed by atoms with Crippen molar-refractivity contribution < 1.29 is 23.1 Å². The molecule has 8 heteroatoms. The Labute approximate surface area is 152 Å². The lowest BCUT2D eigenvalue weighted by molar-refractivity contribution is -0.128. The molecule has 1 atom stereocenters. The van der Waals surface area contributed by atoms with Crippen molar-refractivity contribution in [1.29, 1.82) is 0 Å². The summed E-state index contributed by atoms with van der Waals surface area (Å²) in [6.45, 7) is 1.45. The van der Waals surface area contributed by atoms with Crippen molar-refractivity contribution in [3.8, 4) is 5.75 Å². The minimum atomic E-state index is -0.969. The van der Waals surface area contributed by atoms with Gasteiger partial charge in [-0.05, 0) is 43.3 Å². The van der Waals surface area contributed by atoms with Crippen molar-refractivity contribution in [1.82, 2.24) is 10.9 Å².